The maximum Gasteiger partial charge on any atom is 0.247 e. The van der Waals surface area contributed by atoms with Crippen molar-refractivity contribution in [1.29, 1.82) is 0 Å². The van der Waals surface area contributed by atoms with Crippen molar-refractivity contribution in [3.63, 3.8) is 0 Å². The topological polar surface area (TPSA) is 136 Å². The molecule has 0 bridgehead atoms. The molecule has 2 aromatic heterocycles. The predicted octanol–water partition coefficient (Wildman–Crippen LogP) is 1.99. The quantitative estimate of drug-likeness (QED) is 0.267. The molecule has 3 heterocycles. The van der Waals surface area contributed by atoms with E-state index in [0.717, 1.165) is 49.9 Å². The van der Waals surface area contributed by atoms with Crippen LogP contribution in [0.25, 0.3) is 10.9 Å². The number of fused-ring (bicyclic) bond motifs is 1. The second kappa shape index (κ2) is 11.4. The molecule has 198 valence electrons. The molecule has 1 aliphatic heterocycles. The molecule has 1 aliphatic rings. The van der Waals surface area contributed by atoms with Crippen LogP contribution < -0.4 is 21.1 Å². The highest BCUT2D eigenvalue weighted by Crippen LogP contribution is 2.27. The minimum absolute atomic E-state index is 0.223. The summed E-state index contributed by atoms with van der Waals surface area (Å²) in [6.45, 7) is 5.75. The molecular weight excluding hydrogens is 496 g/mol. The van der Waals surface area contributed by atoms with E-state index in [2.05, 4.69) is 35.8 Å². The first-order chi connectivity index (χ1) is 18.5. The smallest absolute Gasteiger partial charge is 0.247 e. The molecule has 1 fully saturated rings. The van der Waals surface area contributed by atoms with Gasteiger partial charge in [0.1, 0.15) is 17.9 Å². The first-order valence-corrected chi connectivity index (χ1v) is 12.2. The first-order valence-electron chi connectivity index (χ1n) is 12.2. The van der Waals surface area contributed by atoms with Crippen LogP contribution in [-0.4, -0.2) is 75.1 Å². The van der Waals surface area contributed by atoms with Gasteiger partial charge in [-0.1, -0.05) is 17.3 Å². The Labute approximate surface area is 217 Å². The van der Waals surface area contributed by atoms with Gasteiger partial charge in [0.05, 0.1) is 18.3 Å². The van der Waals surface area contributed by atoms with Gasteiger partial charge in [-0.15, -0.1) is 5.10 Å². The number of amides is 1. The van der Waals surface area contributed by atoms with E-state index in [0.29, 0.717) is 29.1 Å². The Morgan fingerprint density at radius 2 is 2.03 bits per heavy atom. The van der Waals surface area contributed by atoms with Crippen molar-refractivity contribution in [2.24, 2.45) is 5.73 Å². The number of nitrogens with two attached hydrogens (primary N) is 1. The van der Waals surface area contributed by atoms with Crippen molar-refractivity contribution in [1.82, 2.24) is 35.2 Å². The van der Waals surface area contributed by atoms with Crippen LogP contribution in [0, 0.1) is 11.6 Å². The van der Waals surface area contributed by atoms with E-state index in [1.807, 2.05) is 18.2 Å². The van der Waals surface area contributed by atoms with Gasteiger partial charge >= 0.3 is 0 Å². The van der Waals surface area contributed by atoms with Crippen LogP contribution in [0.5, 0.6) is 5.75 Å². The van der Waals surface area contributed by atoms with Gasteiger partial charge in [0.15, 0.2) is 23.5 Å². The highest BCUT2D eigenvalue weighted by Gasteiger charge is 2.26. The van der Waals surface area contributed by atoms with Gasteiger partial charge in [0.25, 0.3) is 0 Å². The Morgan fingerprint density at radius 3 is 2.84 bits per heavy atom. The van der Waals surface area contributed by atoms with Gasteiger partial charge in [0, 0.05) is 49.7 Å². The number of ether oxygens (including phenoxy) is 1. The molecule has 2 aromatic carbocycles. The summed E-state index contributed by atoms with van der Waals surface area (Å²) in [5, 5.41) is 15.0. The number of rotatable bonds is 10. The van der Waals surface area contributed by atoms with Crippen molar-refractivity contribution in [2.45, 2.75) is 12.5 Å². The first kappa shape index (κ1) is 25.4. The van der Waals surface area contributed by atoms with Gasteiger partial charge in [-0.2, -0.15) is 0 Å². The van der Waals surface area contributed by atoms with E-state index in [-0.39, 0.29) is 11.4 Å². The fourth-order valence-corrected chi connectivity index (χ4v) is 4.38. The van der Waals surface area contributed by atoms with E-state index in [9.17, 15) is 13.6 Å². The second-order valence-corrected chi connectivity index (χ2v) is 8.85. The molecule has 5 rings (SSSR count). The Hall–Kier alpha value is -4.23. The maximum absolute atomic E-state index is 14.4. The summed E-state index contributed by atoms with van der Waals surface area (Å²) in [4.78, 5) is 23.1. The normalized spacial score (nSPS) is 14.9. The lowest BCUT2D eigenvalue weighted by molar-refractivity contribution is -0.120. The highest BCUT2D eigenvalue weighted by atomic mass is 19.2. The van der Waals surface area contributed by atoms with Crippen molar-refractivity contribution in [3.05, 3.63) is 66.1 Å². The van der Waals surface area contributed by atoms with Crippen LogP contribution in [0.1, 0.15) is 18.0 Å². The lowest BCUT2D eigenvalue weighted by Gasteiger charge is -2.26. The standard InChI is InChI=1S/C25H27F2N9O2/c26-19-4-1-3-18(22(19)27)23(24(28)37)36-14-21(33-34-36)32-25-17-6-5-16(13-20(17)30-15-31-25)38-12-2-9-35-10-7-29-8-11-35/h1,3-6,13-15,23,29H,2,7-12H2,(H2,28,37)(H,30,31,32). The van der Waals surface area contributed by atoms with Crippen LogP contribution in [-0.2, 0) is 4.79 Å². The van der Waals surface area contributed by atoms with Crippen LogP contribution >= 0.6 is 0 Å². The second-order valence-electron chi connectivity index (χ2n) is 8.85. The number of piperazine rings is 1. The molecule has 1 atom stereocenters. The number of primary amides is 1. The molecule has 4 N–H and O–H groups in total. The van der Waals surface area contributed by atoms with Crippen LogP contribution in [0.15, 0.2) is 48.9 Å². The summed E-state index contributed by atoms with van der Waals surface area (Å²) in [5.74, 6) is -1.82. The third kappa shape index (κ3) is 5.68. The number of nitrogens with one attached hydrogen (secondary N) is 2. The lowest BCUT2D eigenvalue weighted by atomic mass is 10.1. The molecule has 0 aliphatic carbocycles. The summed E-state index contributed by atoms with van der Waals surface area (Å²) in [6, 6.07) is 7.64. The van der Waals surface area contributed by atoms with E-state index < -0.39 is 23.6 Å². The molecule has 1 saturated heterocycles. The van der Waals surface area contributed by atoms with Crippen molar-refractivity contribution >= 4 is 28.4 Å². The summed E-state index contributed by atoms with van der Waals surface area (Å²) < 4.78 is 35.1. The SMILES string of the molecule is NC(=O)C(c1cccc(F)c1F)n1cc(Nc2ncnc3cc(OCCCN4CCNCC4)ccc23)nn1. The summed E-state index contributed by atoms with van der Waals surface area (Å²) in [7, 11) is 0. The van der Waals surface area contributed by atoms with Crippen molar-refractivity contribution in [2.75, 3.05) is 44.6 Å². The van der Waals surface area contributed by atoms with E-state index in [1.165, 1.54) is 24.7 Å². The summed E-state index contributed by atoms with van der Waals surface area (Å²) in [6.07, 6.45) is 3.69. The number of hydrogen-bond donors (Lipinski definition) is 3. The lowest BCUT2D eigenvalue weighted by Crippen LogP contribution is -2.43. The molecule has 38 heavy (non-hydrogen) atoms. The molecule has 1 unspecified atom stereocenters. The van der Waals surface area contributed by atoms with E-state index in [4.69, 9.17) is 10.5 Å². The fourth-order valence-electron chi connectivity index (χ4n) is 4.38. The largest absolute Gasteiger partial charge is 0.493 e. The molecule has 4 aromatic rings. The number of carbonyl (C=O) groups excluding carboxylic acids is 1. The van der Waals surface area contributed by atoms with Crippen LogP contribution in [0.3, 0.4) is 0 Å². The molecule has 1 amide bonds. The number of anilines is 2. The van der Waals surface area contributed by atoms with E-state index >= 15 is 0 Å². The number of benzene rings is 2. The highest BCUT2D eigenvalue weighted by molar-refractivity contribution is 5.91. The maximum atomic E-state index is 14.4. The zero-order valence-corrected chi connectivity index (χ0v) is 20.5. The van der Waals surface area contributed by atoms with Gasteiger partial charge in [-0.3, -0.25) is 4.79 Å². The average Bonchev–Trinajstić information content (AvgIpc) is 3.37. The molecule has 11 nitrogen and oxygen atoms in total. The Kier molecular flexibility index (Phi) is 7.65. The number of hydrogen-bond acceptors (Lipinski definition) is 9. The summed E-state index contributed by atoms with van der Waals surface area (Å²) in [5.41, 5.74) is 5.89. The van der Waals surface area contributed by atoms with Crippen LogP contribution in [0.4, 0.5) is 20.4 Å². The van der Waals surface area contributed by atoms with Crippen molar-refractivity contribution < 1.29 is 18.3 Å². The fraction of sp³-hybridized carbons (Fsp3) is 0.320. The van der Waals surface area contributed by atoms with E-state index in [1.54, 1.807) is 0 Å². The van der Waals surface area contributed by atoms with Gasteiger partial charge in [-0.25, -0.2) is 23.4 Å². The molecule has 0 spiro atoms. The number of halogens is 2. The number of aromatic nitrogens is 5. The monoisotopic (exact) mass is 523 g/mol. The number of carbonyl (C=O) groups is 1. The third-order valence-electron chi connectivity index (χ3n) is 6.27. The predicted molar refractivity (Wildman–Crippen MR) is 136 cm³/mol. The van der Waals surface area contributed by atoms with Gasteiger partial charge in [-0.05, 0) is 24.6 Å². The Morgan fingerprint density at radius 1 is 1.18 bits per heavy atom. The molecular formula is C25H27F2N9O2. The minimum Gasteiger partial charge on any atom is -0.493 e. The zero-order valence-electron chi connectivity index (χ0n) is 20.5. The third-order valence-corrected chi connectivity index (χ3v) is 6.27. The van der Waals surface area contributed by atoms with Crippen LogP contribution in [0.2, 0.25) is 0 Å². The number of nitrogens with zero attached hydrogens (tertiary/aromatic N) is 6. The molecule has 0 saturated carbocycles. The Balaban J connectivity index is 1.27. The summed E-state index contributed by atoms with van der Waals surface area (Å²) >= 11 is 0. The Bertz CT molecular complexity index is 1430. The van der Waals surface area contributed by atoms with Gasteiger partial charge < -0.3 is 26.0 Å². The molecule has 0 radical (unpaired) electrons. The average molecular weight is 524 g/mol. The zero-order chi connectivity index (χ0) is 26.5. The van der Waals surface area contributed by atoms with Crippen molar-refractivity contribution in [3.8, 4) is 5.75 Å². The van der Waals surface area contributed by atoms with Gasteiger partial charge in [0.2, 0.25) is 5.91 Å². The minimum atomic E-state index is -1.39. The molecule has 13 heteroatoms.